The molecule has 0 aliphatic carbocycles. The number of amides is 1. The van der Waals surface area contributed by atoms with Crippen LogP contribution in [0, 0.1) is 11.8 Å². The van der Waals surface area contributed by atoms with Crippen LogP contribution in [0.1, 0.15) is 31.5 Å². The van der Waals surface area contributed by atoms with Gasteiger partial charge in [-0.2, -0.15) is 0 Å². The van der Waals surface area contributed by atoms with E-state index in [9.17, 15) is 4.79 Å². The normalized spacial score (nSPS) is 33.1. The fraction of sp³-hybridized carbons (Fsp3) is 0.750. The first-order chi connectivity index (χ1) is 10.2. The molecule has 0 aromatic carbocycles. The van der Waals surface area contributed by atoms with Crippen LogP contribution in [0.2, 0.25) is 0 Å². The lowest BCUT2D eigenvalue weighted by Crippen LogP contribution is -2.60. The number of hydrogen-bond acceptors (Lipinski definition) is 3. The Morgan fingerprint density at radius 3 is 3.05 bits per heavy atom. The van der Waals surface area contributed by atoms with Crippen LogP contribution in [0.15, 0.2) is 12.4 Å². The molecule has 1 aromatic rings. The molecule has 1 amide bonds. The first kappa shape index (κ1) is 13.3. The highest BCUT2D eigenvalue weighted by Gasteiger charge is 2.43. The molecule has 2 bridgehead atoms. The minimum Gasteiger partial charge on any atom is -0.339 e. The van der Waals surface area contributed by atoms with E-state index in [0.29, 0.717) is 23.8 Å². The van der Waals surface area contributed by atoms with Gasteiger partial charge in [0.15, 0.2) is 0 Å². The summed E-state index contributed by atoms with van der Waals surface area (Å²) in [6, 6.07) is 0.506. The van der Waals surface area contributed by atoms with Gasteiger partial charge < -0.3 is 9.47 Å². The van der Waals surface area contributed by atoms with Crippen molar-refractivity contribution in [2.24, 2.45) is 18.9 Å². The fourth-order valence-corrected chi connectivity index (χ4v) is 4.59. The Morgan fingerprint density at radius 1 is 1.33 bits per heavy atom. The van der Waals surface area contributed by atoms with Gasteiger partial charge in [0.05, 0.1) is 6.54 Å². The van der Waals surface area contributed by atoms with Crippen molar-refractivity contribution in [1.29, 1.82) is 0 Å². The third-order valence-electron chi connectivity index (χ3n) is 5.54. The molecule has 0 saturated carbocycles. The van der Waals surface area contributed by atoms with Crippen LogP contribution in [0.3, 0.4) is 0 Å². The van der Waals surface area contributed by atoms with Crippen molar-refractivity contribution in [2.45, 2.75) is 38.3 Å². The van der Waals surface area contributed by atoms with Gasteiger partial charge in [0.25, 0.3) is 0 Å². The lowest BCUT2D eigenvalue weighted by atomic mass is 9.76. The van der Waals surface area contributed by atoms with Crippen LogP contribution in [0.4, 0.5) is 0 Å². The van der Waals surface area contributed by atoms with E-state index in [1.165, 1.54) is 12.8 Å². The lowest BCUT2D eigenvalue weighted by Gasteiger charge is -2.52. The Balaban J connectivity index is 1.48. The molecule has 0 radical (unpaired) electrons. The third-order valence-corrected chi connectivity index (χ3v) is 5.54. The number of piperidine rings is 3. The molecule has 3 atom stereocenters. The number of hydrogen-bond donors (Lipinski definition) is 0. The molecule has 114 valence electrons. The van der Waals surface area contributed by atoms with Crippen LogP contribution in [-0.4, -0.2) is 50.9 Å². The van der Waals surface area contributed by atoms with E-state index >= 15 is 0 Å². The first-order valence-corrected chi connectivity index (χ1v) is 8.18. The Hall–Kier alpha value is -1.36. The Labute approximate surface area is 125 Å². The predicted octanol–water partition coefficient (Wildman–Crippen LogP) is 1.25. The van der Waals surface area contributed by atoms with E-state index in [-0.39, 0.29) is 0 Å². The summed E-state index contributed by atoms with van der Waals surface area (Å²) in [6.45, 7) is 4.16. The topological polar surface area (TPSA) is 41.4 Å². The van der Waals surface area contributed by atoms with E-state index in [2.05, 4.69) is 26.4 Å². The molecule has 0 unspecified atom stereocenters. The van der Waals surface area contributed by atoms with Crippen molar-refractivity contribution >= 4 is 5.91 Å². The van der Waals surface area contributed by atoms with Crippen LogP contribution >= 0.6 is 0 Å². The molecule has 3 saturated heterocycles. The van der Waals surface area contributed by atoms with Crippen molar-refractivity contribution in [1.82, 2.24) is 19.4 Å². The molecular weight excluding hydrogens is 264 g/mol. The molecule has 5 nitrogen and oxygen atoms in total. The summed E-state index contributed by atoms with van der Waals surface area (Å²) in [5.74, 6) is 2.87. The highest BCUT2D eigenvalue weighted by molar-refractivity contribution is 5.77. The summed E-state index contributed by atoms with van der Waals surface area (Å²) < 4.78 is 2.11. The highest BCUT2D eigenvalue weighted by atomic mass is 16.2. The lowest BCUT2D eigenvalue weighted by molar-refractivity contribution is -0.145. The minimum atomic E-state index is 0.401. The van der Waals surface area contributed by atoms with Gasteiger partial charge in [0, 0.05) is 51.5 Å². The zero-order chi connectivity index (χ0) is 14.4. The fourth-order valence-electron chi connectivity index (χ4n) is 4.59. The Kier molecular flexibility index (Phi) is 3.25. The average molecular weight is 288 g/mol. The molecular formula is C16H24N4O. The number of carbonyl (C=O) groups excluding carboxylic acids is 1. The van der Waals surface area contributed by atoms with E-state index in [0.717, 1.165) is 44.8 Å². The number of rotatable bonds is 2. The highest BCUT2D eigenvalue weighted by Crippen LogP contribution is 2.38. The number of aromatic nitrogens is 2. The summed E-state index contributed by atoms with van der Waals surface area (Å²) in [5, 5.41) is 0. The smallest absolute Gasteiger partial charge is 0.222 e. The average Bonchev–Trinajstić information content (AvgIpc) is 2.86. The van der Waals surface area contributed by atoms with Gasteiger partial charge in [-0.25, -0.2) is 4.98 Å². The maximum atomic E-state index is 12.1. The van der Waals surface area contributed by atoms with Crippen molar-refractivity contribution in [2.75, 3.05) is 19.6 Å². The maximum absolute atomic E-state index is 12.1. The Bertz CT molecular complexity index is 540. The second kappa shape index (κ2) is 5.13. The monoisotopic (exact) mass is 288 g/mol. The zero-order valence-electron chi connectivity index (χ0n) is 12.7. The van der Waals surface area contributed by atoms with Gasteiger partial charge in [-0.1, -0.05) is 0 Å². The molecule has 3 fully saturated rings. The van der Waals surface area contributed by atoms with Gasteiger partial charge >= 0.3 is 0 Å². The molecule has 0 N–H and O–H groups in total. The molecule has 21 heavy (non-hydrogen) atoms. The van der Waals surface area contributed by atoms with Crippen molar-refractivity contribution in [3.8, 4) is 0 Å². The van der Waals surface area contributed by atoms with E-state index in [1.54, 1.807) is 0 Å². The standard InChI is InChI=1S/C16H24N4O/c1-18-6-5-17-15(18)11-19-8-12-7-13(10-19)14-3-2-4-16(21)20(14)9-12/h5-6,12-14H,2-4,7-11H2,1H3/t12-,13-,14+/m1/s1. The van der Waals surface area contributed by atoms with E-state index in [4.69, 9.17) is 0 Å². The molecule has 5 heteroatoms. The minimum absolute atomic E-state index is 0.401. The maximum Gasteiger partial charge on any atom is 0.222 e. The van der Waals surface area contributed by atoms with Gasteiger partial charge in [-0.15, -0.1) is 0 Å². The quantitative estimate of drug-likeness (QED) is 0.822. The molecule has 3 aliphatic heterocycles. The molecule has 0 spiro atoms. The van der Waals surface area contributed by atoms with Crippen LogP contribution in [-0.2, 0) is 18.4 Å². The van der Waals surface area contributed by atoms with E-state index in [1.807, 2.05) is 12.4 Å². The van der Waals surface area contributed by atoms with Gasteiger partial charge in [0.2, 0.25) is 5.91 Å². The second-order valence-electron chi connectivity index (χ2n) is 7.02. The summed E-state index contributed by atoms with van der Waals surface area (Å²) in [5.41, 5.74) is 0. The van der Waals surface area contributed by atoms with Crippen molar-refractivity contribution in [3.63, 3.8) is 0 Å². The zero-order valence-corrected chi connectivity index (χ0v) is 12.7. The molecule has 4 rings (SSSR count). The number of fused-ring (bicyclic) bond motifs is 4. The SMILES string of the molecule is Cn1ccnc1CN1C[C@H]2C[C@H](C1)[C@@H]1CCCC(=O)N1C2. The molecule has 3 aliphatic rings. The van der Waals surface area contributed by atoms with Crippen LogP contribution < -0.4 is 0 Å². The van der Waals surface area contributed by atoms with Crippen LogP contribution in [0.25, 0.3) is 0 Å². The number of carbonyl (C=O) groups is 1. The molecule has 1 aromatic heterocycles. The summed E-state index contributed by atoms with van der Waals surface area (Å²) in [6.07, 6.45) is 8.27. The second-order valence-corrected chi connectivity index (χ2v) is 7.02. The summed E-state index contributed by atoms with van der Waals surface area (Å²) in [7, 11) is 2.06. The molecule has 4 heterocycles. The van der Waals surface area contributed by atoms with Crippen molar-refractivity contribution < 1.29 is 4.79 Å². The third kappa shape index (κ3) is 2.37. The summed E-state index contributed by atoms with van der Waals surface area (Å²) in [4.78, 5) is 21.4. The first-order valence-electron chi connectivity index (χ1n) is 8.18. The largest absolute Gasteiger partial charge is 0.339 e. The predicted molar refractivity (Wildman–Crippen MR) is 79.4 cm³/mol. The number of imidazole rings is 1. The summed E-state index contributed by atoms with van der Waals surface area (Å²) >= 11 is 0. The number of nitrogens with zero attached hydrogens (tertiary/aromatic N) is 4. The van der Waals surface area contributed by atoms with Crippen LogP contribution in [0.5, 0.6) is 0 Å². The Morgan fingerprint density at radius 2 is 2.24 bits per heavy atom. The number of aryl methyl sites for hydroxylation is 1. The van der Waals surface area contributed by atoms with Crippen molar-refractivity contribution in [3.05, 3.63) is 18.2 Å². The van der Waals surface area contributed by atoms with Gasteiger partial charge in [-0.05, 0) is 31.1 Å². The van der Waals surface area contributed by atoms with Gasteiger partial charge in [-0.3, -0.25) is 9.69 Å². The number of likely N-dealkylation sites (tertiary alicyclic amines) is 1. The van der Waals surface area contributed by atoms with E-state index < -0.39 is 0 Å². The van der Waals surface area contributed by atoms with Gasteiger partial charge in [0.1, 0.15) is 5.82 Å².